The molecule has 0 bridgehead atoms. The van der Waals surface area contributed by atoms with E-state index < -0.39 is 0 Å². The first-order chi connectivity index (χ1) is 9.08. The molecule has 1 aromatic carbocycles. The highest BCUT2D eigenvalue weighted by atomic mass is 16.2. The quantitative estimate of drug-likeness (QED) is 0.864. The fourth-order valence-electron chi connectivity index (χ4n) is 2.52. The van der Waals surface area contributed by atoms with Gasteiger partial charge in [-0.05, 0) is 18.4 Å². The topological polar surface area (TPSA) is 58.2 Å². The fraction of sp³-hybridized carbons (Fsp3) is 0.467. The molecule has 0 aromatic heterocycles. The summed E-state index contributed by atoms with van der Waals surface area (Å²) in [4.78, 5) is 23.7. The Balaban J connectivity index is 1.75. The minimum Gasteiger partial charge on any atom is -0.350 e. The van der Waals surface area contributed by atoms with Crippen molar-refractivity contribution in [1.82, 2.24) is 10.6 Å². The van der Waals surface area contributed by atoms with E-state index in [2.05, 4.69) is 10.6 Å². The van der Waals surface area contributed by atoms with E-state index in [4.69, 9.17) is 0 Å². The van der Waals surface area contributed by atoms with Crippen molar-refractivity contribution in [2.45, 2.75) is 38.3 Å². The van der Waals surface area contributed by atoms with Crippen molar-refractivity contribution in [1.29, 1.82) is 0 Å². The van der Waals surface area contributed by atoms with Gasteiger partial charge in [0, 0.05) is 11.8 Å². The lowest BCUT2D eigenvalue weighted by Crippen LogP contribution is -2.41. The van der Waals surface area contributed by atoms with Crippen LogP contribution in [0.5, 0.6) is 0 Å². The predicted octanol–water partition coefficient (Wildman–Crippen LogP) is 1.53. The van der Waals surface area contributed by atoms with Gasteiger partial charge >= 0.3 is 0 Å². The summed E-state index contributed by atoms with van der Waals surface area (Å²) in [5.41, 5.74) is 0.840. The molecule has 1 heterocycles. The molecule has 1 aliphatic carbocycles. The van der Waals surface area contributed by atoms with Crippen LogP contribution in [0, 0.1) is 5.41 Å². The molecule has 0 spiro atoms. The predicted molar refractivity (Wildman–Crippen MR) is 71.2 cm³/mol. The van der Waals surface area contributed by atoms with Crippen molar-refractivity contribution in [3.63, 3.8) is 0 Å². The molecule has 1 saturated carbocycles. The highest BCUT2D eigenvalue weighted by molar-refractivity contribution is 5.87. The number of carbonyl (C=O) groups excluding carboxylic acids is 2. The number of carbonyl (C=O) groups is 2. The molecule has 2 amide bonds. The molecule has 2 fully saturated rings. The van der Waals surface area contributed by atoms with E-state index in [1.165, 1.54) is 0 Å². The second-order valence-electron chi connectivity index (χ2n) is 5.80. The van der Waals surface area contributed by atoms with Gasteiger partial charge in [-0.2, -0.15) is 0 Å². The van der Waals surface area contributed by atoms with Gasteiger partial charge in [0.25, 0.3) is 0 Å². The summed E-state index contributed by atoms with van der Waals surface area (Å²) in [6.07, 6.45) is 2.26. The first kappa shape index (κ1) is 12.2. The maximum absolute atomic E-state index is 12.1. The number of hydrogen-bond acceptors (Lipinski definition) is 2. The summed E-state index contributed by atoms with van der Waals surface area (Å²) >= 11 is 0. The smallest absolute Gasteiger partial charge is 0.226 e. The van der Waals surface area contributed by atoms with Crippen LogP contribution >= 0.6 is 0 Å². The SMILES string of the molecule is CC1(C(=O)NC2CC(=O)N[C@@H]2c2ccccc2)CC1. The number of amides is 2. The minimum absolute atomic E-state index is 0.0000954. The number of benzene rings is 1. The van der Waals surface area contributed by atoms with Crippen LogP contribution in [0.4, 0.5) is 0 Å². The van der Waals surface area contributed by atoms with Gasteiger partial charge in [0.15, 0.2) is 0 Å². The molecule has 2 N–H and O–H groups in total. The highest BCUT2D eigenvalue weighted by Crippen LogP contribution is 2.45. The third kappa shape index (κ3) is 2.35. The Morgan fingerprint density at radius 2 is 2.00 bits per heavy atom. The van der Waals surface area contributed by atoms with Crippen LogP contribution in [0.15, 0.2) is 30.3 Å². The summed E-state index contributed by atoms with van der Waals surface area (Å²) in [5, 5.41) is 5.98. The maximum Gasteiger partial charge on any atom is 0.226 e. The summed E-state index contributed by atoms with van der Waals surface area (Å²) in [7, 11) is 0. The molecular formula is C15H18N2O2. The molecule has 19 heavy (non-hydrogen) atoms. The molecule has 3 rings (SSSR count). The average Bonchev–Trinajstić information content (AvgIpc) is 3.05. The Morgan fingerprint density at radius 3 is 2.63 bits per heavy atom. The van der Waals surface area contributed by atoms with Crippen LogP contribution in [0.3, 0.4) is 0 Å². The molecule has 1 aliphatic heterocycles. The van der Waals surface area contributed by atoms with Gasteiger partial charge in [0.05, 0.1) is 12.1 Å². The van der Waals surface area contributed by atoms with Crippen molar-refractivity contribution in [3.8, 4) is 0 Å². The summed E-state index contributed by atoms with van der Waals surface area (Å²) < 4.78 is 0. The first-order valence-corrected chi connectivity index (χ1v) is 6.74. The van der Waals surface area contributed by atoms with Gasteiger partial charge in [-0.1, -0.05) is 37.3 Å². The van der Waals surface area contributed by atoms with Crippen LogP contribution < -0.4 is 10.6 Å². The zero-order valence-electron chi connectivity index (χ0n) is 11.0. The second kappa shape index (κ2) is 4.37. The number of rotatable bonds is 3. The van der Waals surface area contributed by atoms with Crippen LogP contribution in [0.1, 0.15) is 37.8 Å². The van der Waals surface area contributed by atoms with E-state index in [0.29, 0.717) is 6.42 Å². The van der Waals surface area contributed by atoms with Crippen LogP contribution in [0.2, 0.25) is 0 Å². The Labute approximate surface area is 112 Å². The standard InChI is InChI=1S/C15H18N2O2/c1-15(7-8-15)14(19)16-11-9-12(18)17-13(11)10-5-3-2-4-6-10/h2-6,11,13H,7-9H2,1H3,(H,16,19)(H,17,18)/t11?,13-/m1/s1. The maximum atomic E-state index is 12.1. The Hall–Kier alpha value is -1.84. The lowest BCUT2D eigenvalue weighted by atomic mass is 9.99. The third-order valence-corrected chi connectivity index (χ3v) is 4.15. The Bertz CT molecular complexity index is 508. The molecule has 2 aliphatic rings. The van der Waals surface area contributed by atoms with E-state index in [9.17, 15) is 9.59 Å². The molecule has 2 atom stereocenters. The van der Waals surface area contributed by atoms with Crippen molar-refractivity contribution in [3.05, 3.63) is 35.9 Å². The Kier molecular flexibility index (Phi) is 2.81. The number of hydrogen-bond donors (Lipinski definition) is 2. The first-order valence-electron chi connectivity index (χ1n) is 6.74. The number of nitrogens with one attached hydrogen (secondary N) is 2. The average molecular weight is 258 g/mol. The van der Waals surface area contributed by atoms with Gasteiger partial charge in [-0.15, -0.1) is 0 Å². The van der Waals surface area contributed by atoms with Crippen molar-refractivity contribution in [2.75, 3.05) is 0 Å². The van der Waals surface area contributed by atoms with E-state index in [1.54, 1.807) is 0 Å². The van der Waals surface area contributed by atoms with Crippen molar-refractivity contribution >= 4 is 11.8 Å². The Morgan fingerprint density at radius 1 is 1.32 bits per heavy atom. The summed E-state index contributed by atoms with van der Waals surface area (Å²) in [5.74, 6) is 0.0787. The highest BCUT2D eigenvalue weighted by Gasteiger charge is 2.47. The monoisotopic (exact) mass is 258 g/mol. The van der Waals surface area contributed by atoms with Crippen LogP contribution in [-0.4, -0.2) is 17.9 Å². The molecule has 4 nitrogen and oxygen atoms in total. The fourth-order valence-corrected chi connectivity index (χ4v) is 2.52. The summed E-state index contributed by atoms with van der Waals surface area (Å²) in [6, 6.07) is 9.54. The summed E-state index contributed by atoms with van der Waals surface area (Å²) in [6.45, 7) is 1.98. The van der Waals surface area contributed by atoms with Crippen molar-refractivity contribution in [2.24, 2.45) is 5.41 Å². The van der Waals surface area contributed by atoms with Crippen LogP contribution in [-0.2, 0) is 9.59 Å². The zero-order valence-corrected chi connectivity index (χ0v) is 11.0. The van der Waals surface area contributed by atoms with Gasteiger partial charge in [-0.25, -0.2) is 0 Å². The minimum atomic E-state index is -0.202. The lowest BCUT2D eigenvalue weighted by molar-refractivity contribution is -0.126. The van der Waals surface area contributed by atoms with E-state index in [1.807, 2.05) is 37.3 Å². The molecule has 100 valence electrons. The van der Waals surface area contributed by atoms with E-state index >= 15 is 0 Å². The van der Waals surface area contributed by atoms with E-state index in [-0.39, 0.29) is 29.3 Å². The molecular weight excluding hydrogens is 240 g/mol. The molecule has 0 radical (unpaired) electrons. The molecule has 1 unspecified atom stereocenters. The molecule has 1 saturated heterocycles. The van der Waals surface area contributed by atoms with Gasteiger partial charge in [-0.3, -0.25) is 9.59 Å². The second-order valence-corrected chi connectivity index (χ2v) is 5.80. The van der Waals surface area contributed by atoms with Gasteiger partial charge in [0.2, 0.25) is 11.8 Å². The normalized spacial score (nSPS) is 27.7. The van der Waals surface area contributed by atoms with E-state index in [0.717, 1.165) is 18.4 Å². The van der Waals surface area contributed by atoms with Crippen molar-refractivity contribution < 1.29 is 9.59 Å². The van der Waals surface area contributed by atoms with Crippen LogP contribution in [0.25, 0.3) is 0 Å². The zero-order chi connectivity index (χ0) is 13.5. The lowest BCUT2D eigenvalue weighted by Gasteiger charge is -2.22. The third-order valence-electron chi connectivity index (χ3n) is 4.15. The molecule has 4 heteroatoms. The largest absolute Gasteiger partial charge is 0.350 e. The van der Waals surface area contributed by atoms with Gasteiger partial charge in [0.1, 0.15) is 0 Å². The van der Waals surface area contributed by atoms with Gasteiger partial charge < -0.3 is 10.6 Å². The molecule has 1 aromatic rings.